The molecule has 0 heterocycles. The van der Waals surface area contributed by atoms with Crippen molar-refractivity contribution in [1.29, 1.82) is 0 Å². The first-order valence-electron chi connectivity index (χ1n) is 5.56. The van der Waals surface area contributed by atoms with Crippen LogP contribution in [0.3, 0.4) is 0 Å². The van der Waals surface area contributed by atoms with Gasteiger partial charge in [0.1, 0.15) is 0 Å². The SMILES string of the molecule is CCCC(O)(CCC)C1(CN)CC1. The minimum atomic E-state index is -0.467. The van der Waals surface area contributed by atoms with Crippen LogP contribution in [0.25, 0.3) is 0 Å². The second-order valence-corrected chi connectivity index (χ2v) is 4.52. The van der Waals surface area contributed by atoms with E-state index in [1.807, 2.05) is 0 Å². The Bertz CT molecular complexity index is 157. The van der Waals surface area contributed by atoms with Crippen LogP contribution in [-0.2, 0) is 0 Å². The van der Waals surface area contributed by atoms with Gasteiger partial charge in [-0.05, 0) is 25.7 Å². The van der Waals surface area contributed by atoms with Crippen LogP contribution in [0.1, 0.15) is 52.4 Å². The Hall–Kier alpha value is -0.0800. The fourth-order valence-corrected chi connectivity index (χ4v) is 2.49. The number of rotatable bonds is 6. The van der Waals surface area contributed by atoms with Gasteiger partial charge in [-0.15, -0.1) is 0 Å². The third-order valence-corrected chi connectivity index (χ3v) is 3.56. The maximum absolute atomic E-state index is 10.5. The third-order valence-electron chi connectivity index (χ3n) is 3.56. The molecule has 0 bridgehead atoms. The van der Waals surface area contributed by atoms with Gasteiger partial charge in [-0.3, -0.25) is 0 Å². The standard InChI is InChI=1S/C11H23NO/c1-3-5-11(13,6-4-2)10(9-12)7-8-10/h13H,3-9,12H2,1-2H3. The predicted octanol–water partition coefficient (Wildman–Crippen LogP) is 2.06. The summed E-state index contributed by atoms with van der Waals surface area (Å²) in [7, 11) is 0. The molecule has 0 aromatic heterocycles. The molecule has 2 heteroatoms. The number of hydrogen-bond acceptors (Lipinski definition) is 2. The molecule has 1 aliphatic carbocycles. The van der Waals surface area contributed by atoms with Crippen molar-refractivity contribution in [3.05, 3.63) is 0 Å². The van der Waals surface area contributed by atoms with Gasteiger partial charge in [0.25, 0.3) is 0 Å². The van der Waals surface area contributed by atoms with E-state index in [4.69, 9.17) is 5.73 Å². The van der Waals surface area contributed by atoms with E-state index in [9.17, 15) is 5.11 Å². The maximum atomic E-state index is 10.5. The average Bonchev–Trinajstić information content (AvgIpc) is 2.85. The van der Waals surface area contributed by atoms with E-state index in [-0.39, 0.29) is 5.41 Å². The average molecular weight is 185 g/mol. The molecule has 1 fully saturated rings. The zero-order chi connectivity index (χ0) is 9.95. The first kappa shape index (κ1) is 11.0. The molecule has 0 amide bonds. The van der Waals surface area contributed by atoms with Crippen molar-refractivity contribution in [3.8, 4) is 0 Å². The quantitative estimate of drug-likeness (QED) is 0.665. The molecule has 0 spiro atoms. The molecule has 0 atom stereocenters. The fourth-order valence-electron chi connectivity index (χ4n) is 2.49. The van der Waals surface area contributed by atoms with E-state index in [1.165, 1.54) is 0 Å². The molecule has 0 unspecified atom stereocenters. The van der Waals surface area contributed by atoms with Gasteiger partial charge in [-0.25, -0.2) is 0 Å². The van der Waals surface area contributed by atoms with Crippen molar-refractivity contribution in [3.63, 3.8) is 0 Å². The molecule has 0 aromatic carbocycles. The monoisotopic (exact) mass is 185 g/mol. The molecule has 1 rings (SSSR count). The molecule has 0 radical (unpaired) electrons. The Kier molecular flexibility index (Phi) is 3.36. The van der Waals surface area contributed by atoms with Crippen LogP contribution in [0, 0.1) is 5.41 Å². The summed E-state index contributed by atoms with van der Waals surface area (Å²) >= 11 is 0. The second-order valence-electron chi connectivity index (χ2n) is 4.52. The Balaban J connectivity index is 2.65. The van der Waals surface area contributed by atoms with Gasteiger partial charge in [-0.2, -0.15) is 0 Å². The van der Waals surface area contributed by atoms with Crippen LogP contribution in [0.15, 0.2) is 0 Å². The van der Waals surface area contributed by atoms with Crippen LogP contribution in [-0.4, -0.2) is 17.3 Å². The normalized spacial score (nSPS) is 20.3. The summed E-state index contributed by atoms with van der Waals surface area (Å²) in [4.78, 5) is 0. The van der Waals surface area contributed by atoms with E-state index in [0.717, 1.165) is 38.5 Å². The Labute approximate surface area is 81.5 Å². The highest BCUT2D eigenvalue weighted by Crippen LogP contribution is 2.56. The summed E-state index contributed by atoms with van der Waals surface area (Å²) in [5, 5.41) is 10.5. The summed E-state index contributed by atoms with van der Waals surface area (Å²) in [6.45, 7) is 4.92. The van der Waals surface area contributed by atoms with E-state index in [2.05, 4.69) is 13.8 Å². The fraction of sp³-hybridized carbons (Fsp3) is 1.00. The molecule has 0 saturated heterocycles. The van der Waals surface area contributed by atoms with Crippen LogP contribution in [0.5, 0.6) is 0 Å². The number of hydrogen-bond donors (Lipinski definition) is 2. The Morgan fingerprint density at radius 1 is 1.23 bits per heavy atom. The van der Waals surface area contributed by atoms with E-state index < -0.39 is 5.60 Å². The van der Waals surface area contributed by atoms with Crippen LogP contribution < -0.4 is 5.73 Å². The van der Waals surface area contributed by atoms with Crippen molar-refractivity contribution in [2.45, 2.75) is 58.0 Å². The zero-order valence-electron chi connectivity index (χ0n) is 8.97. The predicted molar refractivity (Wildman–Crippen MR) is 55.5 cm³/mol. The lowest BCUT2D eigenvalue weighted by molar-refractivity contribution is -0.0452. The topological polar surface area (TPSA) is 46.2 Å². The van der Waals surface area contributed by atoms with Gasteiger partial charge in [-0.1, -0.05) is 26.7 Å². The lowest BCUT2D eigenvalue weighted by atomic mass is 9.77. The minimum Gasteiger partial charge on any atom is -0.389 e. The molecular weight excluding hydrogens is 162 g/mol. The van der Waals surface area contributed by atoms with Crippen LogP contribution >= 0.6 is 0 Å². The maximum Gasteiger partial charge on any atom is 0.0715 e. The zero-order valence-corrected chi connectivity index (χ0v) is 8.97. The summed E-state index contributed by atoms with van der Waals surface area (Å²) < 4.78 is 0. The molecule has 2 nitrogen and oxygen atoms in total. The number of nitrogens with two attached hydrogens (primary N) is 1. The molecular formula is C11H23NO. The molecule has 13 heavy (non-hydrogen) atoms. The lowest BCUT2D eigenvalue weighted by Gasteiger charge is -2.36. The summed E-state index contributed by atoms with van der Waals surface area (Å²) in [6.07, 6.45) is 6.19. The van der Waals surface area contributed by atoms with Gasteiger partial charge in [0.15, 0.2) is 0 Å². The van der Waals surface area contributed by atoms with Crippen molar-refractivity contribution in [2.75, 3.05) is 6.54 Å². The molecule has 1 saturated carbocycles. The lowest BCUT2D eigenvalue weighted by Crippen LogP contribution is -2.43. The van der Waals surface area contributed by atoms with Crippen LogP contribution in [0.4, 0.5) is 0 Å². The highest BCUT2D eigenvalue weighted by atomic mass is 16.3. The molecule has 0 aromatic rings. The number of aliphatic hydroxyl groups is 1. The molecule has 0 aliphatic heterocycles. The summed E-state index contributed by atoms with van der Waals surface area (Å²) in [5.41, 5.74) is 5.37. The Morgan fingerprint density at radius 2 is 1.69 bits per heavy atom. The van der Waals surface area contributed by atoms with Gasteiger partial charge in [0.2, 0.25) is 0 Å². The van der Waals surface area contributed by atoms with E-state index in [1.54, 1.807) is 0 Å². The van der Waals surface area contributed by atoms with Crippen molar-refractivity contribution in [2.24, 2.45) is 11.1 Å². The van der Waals surface area contributed by atoms with Gasteiger partial charge < -0.3 is 10.8 Å². The van der Waals surface area contributed by atoms with Gasteiger partial charge in [0.05, 0.1) is 5.60 Å². The van der Waals surface area contributed by atoms with Gasteiger partial charge >= 0.3 is 0 Å². The van der Waals surface area contributed by atoms with E-state index >= 15 is 0 Å². The van der Waals surface area contributed by atoms with Crippen LogP contribution in [0.2, 0.25) is 0 Å². The third kappa shape index (κ3) is 1.89. The molecule has 78 valence electrons. The van der Waals surface area contributed by atoms with E-state index in [0.29, 0.717) is 6.54 Å². The first-order chi connectivity index (χ1) is 6.14. The summed E-state index contributed by atoms with van der Waals surface area (Å²) in [6, 6.07) is 0. The largest absolute Gasteiger partial charge is 0.389 e. The van der Waals surface area contributed by atoms with Crippen molar-refractivity contribution < 1.29 is 5.11 Å². The van der Waals surface area contributed by atoms with Crippen molar-refractivity contribution in [1.82, 2.24) is 0 Å². The molecule has 3 N–H and O–H groups in total. The highest BCUT2D eigenvalue weighted by Gasteiger charge is 2.56. The van der Waals surface area contributed by atoms with Crippen molar-refractivity contribution >= 4 is 0 Å². The smallest absolute Gasteiger partial charge is 0.0715 e. The molecule has 1 aliphatic rings. The minimum absolute atomic E-state index is 0.0824. The Morgan fingerprint density at radius 3 is 1.92 bits per heavy atom. The summed E-state index contributed by atoms with van der Waals surface area (Å²) in [5.74, 6) is 0. The first-order valence-corrected chi connectivity index (χ1v) is 5.56. The van der Waals surface area contributed by atoms with Gasteiger partial charge in [0, 0.05) is 12.0 Å². The second kappa shape index (κ2) is 3.97. The highest BCUT2D eigenvalue weighted by molar-refractivity contribution is 5.08.